The first-order valence-electron chi connectivity index (χ1n) is 7.10. The Morgan fingerprint density at radius 2 is 1.86 bits per heavy atom. The first-order valence-corrected chi connectivity index (χ1v) is 8.75. The van der Waals surface area contributed by atoms with Crippen molar-refractivity contribution in [2.75, 3.05) is 12.4 Å². The van der Waals surface area contributed by atoms with Crippen LogP contribution in [0.25, 0.3) is 0 Å². The summed E-state index contributed by atoms with van der Waals surface area (Å²) in [5, 5.41) is 2.66. The van der Waals surface area contributed by atoms with Crippen LogP contribution in [-0.4, -0.2) is 38.7 Å². The molecule has 7 heteroatoms. The summed E-state index contributed by atoms with van der Waals surface area (Å²) in [7, 11) is -3.54. The zero-order valence-corrected chi connectivity index (χ0v) is 13.8. The number of amides is 1. The summed E-state index contributed by atoms with van der Waals surface area (Å²) in [4.78, 5) is 23.5. The van der Waals surface area contributed by atoms with Gasteiger partial charge in [0, 0.05) is 6.04 Å². The summed E-state index contributed by atoms with van der Waals surface area (Å²) in [5.41, 5.74) is -0.0549. The Balaban J connectivity index is 2.81. The van der Waals surface area contributed by atoms with Crippen molar-refractivity contribution in [1.29, 1.82) is 0 Å². The second kappa shape index (κ2) is 7.93. The van der Waals surface area contributed by atoms with Gasteiger partial charge >= 0.3 is 5.97 Å². The van der Waals surface area contributed by atoms with Gasteiger partial charge in [0.15, 0.2) is 16.4 Å². The second-order valence-electron chi connectivity index (χ2n) is 4.85. The molecule has 1 aromatic carbocycles. The number of nitrogens with one attached hydrogen (secondary N) is 1. The molecule has 0 aliphatic rings. The topological polar surface area (TPSA) is 89.5 Å². The Hall–Kier alpha value is -1.89. The van der Waals surface area contributed by atoms with Gasteiger partial charge in [-0.1, -0.05) is 26.0 Å². The lowest BCUT2D eigenvalue weighted by molar-refractivity contribution is -0.124. The summed E-state index contributed by atoms with van der Waals surface area (Å²) in [6.45, 7) is 4.81. The van der Waals surface area contributed by atoms with Gasteiger partial charge in [-0.2, -0.15) is 0 Å². The van der Waals surface area contributed by atoms with Crippen LogP contribution < -0.4 is 5.32 Å². The van der Waals surface area contributed by atoms with Crippen LogP contribution in [-0.2, 0) is 19.4 Å². The van der Waals surface area contributed by atoms with E-state index in [-0.39, 0.29) is 22.3 Å². The van der Waals surface area contributed by atoms with Crippen LogP contribution in [0, 0.1) is 0 Å². The number of sulfone groups is 1. The third-order valence-corrected chi connectivity index (χ3v) is 4.96. The van der Waals surface area contributed by atoms with Crippen molar-refractivity contribution in [3.05, 3.63) is 29.8 Å². The molecule has 122 valence electrons. The largest absolute Gasteiger partial charge is 0.452 e. The van der Waals surface area contributed by atoms with E-state index in [9.17, 15) is 18.0 Å². The van der Waals surface area contributed by atoms with Crippen molar-refractivity contribution < 1.29 is 22.7 Å². The molecule has 1 amide bonds. The first kappa shape index (κ1) is 18.2. The SMILES string of the molecule is CC[C@@H](C)NC(=O)COC(=O)c1ccccc1S(=O)(=O)CC. The van der Waals surface area contributed by atoms with Crippen LogP contribution in [0.15, 0.2) is 29.2 Å². The molecule has 0 aliphatic carbocycles. The molecule has 0 aliphatic heterocycles. The number of hydrogen-bond donors (Lipinski definition) is 1. The minimum Gasteiger partial charge on any atom is -0.452 e. The third kappa shape index (κ3) is 4.84. The molecule has 1 rings (SSSR count). The molecule has 0 fully saturated rings. The third-order valence-electron chi connectivity index (χ3n) is 3.18. The summed E-state index contributed by atoms with van der Waals surface area (Å²) in [6, 6.07) is 5.80. The Bertz CT molecular complexity index is 639. The number of hydrogen-bond acceptors (Lipinski definition) is 5. The van der Waals surface area contributed by atoms with E-state index in [1.807, 2.05) is 13.8 Å². The highest BCUT2D eigenvalue weighted by Crippen LogP contribution is 2.17. The van der Waals surface area contributed by atoms with Crippen LogP contribution in [0.5, 0.6) is 0 Å². The van der Waals surface area contributed by atoms with E-state index in [2.05, 4.69) is 5.32 Å². The predicted octanol–water partition coefficient (Wildman–Crippen LogP) is 1.55. The van der Waals surface area contributed by atoms with E-state index in [0.717, 1.165) is 6.42 Å². The Labute approximate surface area is 130 Å². The molecule has 6 nitrogen and oxygen atoms in total. The maximum atomic E-state index is 12.0. The molecule has 0 radical (unpaired) electrons. The average Bonchev–Trinajstić information content (AvgIpc) is 2.52. The van der Waals surface area contributed by atoms with Crippen molar-refractivity contribution in [2.45, 2.75) is 38.1 Å². The highest BCUT2D eigenvalue weighted by Gasteiger charge is 2.22. The summed E-state index contributed by atoms with van der Waals surface area (Å²) in [5.74, 6) is -1.36. The fraction of sp³-hybridized carbons (Fsp3) is 0.467. The Morgan fingerprint density at radius 1 is 1.23 bits per heavy atom. The maximum absolute atomic E-state index is 12.0. The van der Waals surface area contributed by atoms with Crippen molar-refractivity contribution >= 4 is 21.7 Å². The molecule has 0 unspecified atom stereocenters. The zero-order valence-electron chi connectivity index (χ0n) is 13.0. The van der Waals surface area contributed by atoms with Gasteiger partial charge in [0.2, 0.25) is 0 Å². The van der Waals surface area contributed by atoms with Gasteiger partial charge in [-0.05, 0) is 25.5 Å². The molecule has 0 saturated heterocycles. The fourth-order valence-corrected chi connectivity index (χ4v) is 2.77. The van der Waals surface area contributed by atoms with Gasteiger partial charge in [0.1, 0.15) is 0 Å². The average molecular weight is 327 g/mol. The highest BCUT2D eigenvalue weighted by molar-refractivity contribution is 7.91. The minimum absolute atomic E-state index is 0.0149. The van der Waals surface area contributed by atoms with E-state index < -0.39 is 28.3 Å². The van der Waals surface area contributed by atoms with Gasteiger partial charge in [-0.25, -0.2) is 13.2 Å². The molecule has 0 bridgehead atoms. The van der Waals surface area contributed by atoms with Gasteiger partial charge < -0.3 is 10.1 Å². The van der Waals surface area contributed by atoms with Crippen LogP contribution >= 0.6 is 0 Å². The lowest BCUT2D eigenvalue weighted by Gasteiger charge is -2.12. The number of benzene rings is 1. The fourth-order valence-electron chi connectivity index (χ4n) is 1.69. The summed E-state index contributed by atoms with van der Waals surface area (Å²) >= 11 is 0. The molecule has 0 saturated carbocycles. The van der Waals surface area contributed by atoms with Crippen LogP contribution in [0.1, 0.15) is 37.6 Å². The Kier molecular flexibility index (Phi) is 6.55. The standard InChI is InChI=1S/C15H21NO5S/c1-4-11(3)16-14(17)10-21-15(18)12-8-6-7-9-13(12)22(19,20)5-2/h6-9,11H,4-5,10H2,1-3H3,(H,16,17)/t11-/m1/s1. The summed E-state index contributed by atoms with van der Waals surface area (Å²) in [6.07, 6.45) is 0.761. The van der Waals surface area contributed by atoms with Crippen LogP contribution in [0.2, 0.25) is 0 Å². The Morgan fingerprint density at radius 3 is 2.45 bits per heavy atom. The smallest absolute Gasteiger partial charge is 0.339 e. The normalized spacial score (nSPS) is 12.5. The number of esters is 1. The van der Waals surface area contributed by atoms with Crippen molar-refractivity contribution in [3.63, 3.8) is 0 Å². The molecular formula is C15H21NO5S. The van der Waals surface area contributed by atoms with Crippen LogP contribution in [0.3, 0.4) is 0 Å². The maximum Gasteiger partial charge on any atom is 0.339 e. The quantitative estimate of drug-likeness (QED) is 0.768. The monoisotopic (exact) mass is 327 g/mol. The molecule has 1 atom stereocenters. The highest BCUT2D eigenvalue weighted by atomic mass is 32.2. The molecule has 0 heterocycles. The lowest BCUT2D eigenvalue weighted by atomic mass is 10.2. The van der Waals surface area contributed by atoms with E-state index in [1.165, 1.54) is 25.1 Å². The lowest BCUT2D eigenvalue weighted by Crippen LogP contribution is -2.35. The molecule has 22 heavy (non-hydrogen) atoms. The van der Waals surface area contributed by atoms with Crippen LogP contribution in [0.4, 0.5) is 0 Å². The van der Waals surface area contributed by atoms with Crippen molar-refractivity contribution in [2.24, 2.45) is 0 Å². The van der Waals surface area contributed by atoms with E-state index >= 15 is 0 Å². The zero-order chi connectivity index (χ0) is 16.8. The van der Waals surface area contributed by atoms with E-state index in [1.54, 1.807) is 6.07 Å². The number of carbonyl (C=O) groups is 2. The minimum atomic E-state index is -3.54. The molecular weight excluding hydrogens is 306 g/mol. The van der Waals surface area contributed by atoms with Gasteiger partial charge in [0.25, 0.3) is 5.91 Å². The van der Waals surface area contributed by atoms with Gasteiger partial charge in [-0.3, -0.25) is 4.79 Å². The summed E-state index contributed by atoms with van der Waals surface area (Å²) < 4.78 is 28.8. The molecule has 1 aromatic rings. The predicted molar refractivity (Wildman–Crippen MR) is 82.3 cm³/mol. The van der Waals surface area contributed by atoms with E-state index in [0.29, 0.717) is 0 Å². The molecule has 0 aromatic heterocycles. The molecule has 1 N–H and O–H groups in total. The van der Waals surface area contributed by atoms with Gasteiger partial charge in [0.05, 0.1) is 16.2 Å². The molecule has 0 spiro atoms. The number of ether oxygens (including phenoxy) is 1. The first-order chi connectivity index (χ1) is 10.3. The second-order valence-corrected chi connectivity index (χ2v) is 7.10. The van der Waals surface area contributed by atoms with Crippen molar-refractivity contribution in [1.82, 2.24) is 5.32 Å². The van der Waals surface area contributed by atoms with Crippen molar-refractivity contribution in [3.8, 4) is 0 Å². The van der Waals surface area contributed by atoms with E-state index in [4.69, 9.17) is 4.74 Å². The number of rotatable bonds is 7. The van der Waals surface area contributed by atoms with Gasteiger partial charge in [-0.15, -0.1) is 0 Å². The number of carbonyl (C=O) groups excluding carboxylic acids is 2.